The fraction of sp³-hybridized carbons (Fsp3) is 0.385. The molecular weight excluding hydrogens is 398 g/mol. The Morgan fingerprint density at radius 3 is 2.81 bits per heavy atom. The van der Waals surface area contributed by atoms with Crippen LogP contribution in [0.4, 0.5) is 11.4 Å². The van der Waals surface area contributed by atoms with E-state index in [-0.39, 0.29) is 6.10 Å². The zero-order valence-corrected chi connectivity index (χ0v) is 18.3. The van der Waals surface area contributed by atoms with Crippen molar-refractivity contribution in [2.75, 3.05) is 36.0 Å². The van der Waals surface area contributed by atoms with E-state index in [1.54, 1.807) is 6.20 Å². The highest BCUT2D eigenvalue weighted by molar-refractivity contribution is 5.95. The maximum Gasteiger partial charge on any atom is 0.101 e. The topological polar surface area (TPSA) is 66.6 Å². The van der Waals surface area contributed by atoms with Gasteiger partial charge in [0.25, 0.3) is 0 Å². The highest BCUT2D eigenvalue weighted by Crippen LogP contribution is 2.42. The monoisotopic (exact) mass is 425 g/mol. The van der Waals surface area contributed by atoms with Gasteiger partial charge in [-0.05, 0) is 60.9 Å². The number of aliphatic hydroxyl groups is 1. The molecule has 0 aliphatic carbocycles. The Balaban J connectivity index is 1.33. The Bertz CT molecular complexity index is 1230. The van der Waals surface area contributed by atoms with Crippen molar-refractivity contribution in [3.8, 4) is 6.07 Å². The van der Waals surface area contributed by atoms with Crippen LogP contribution in [0.15, 0.2) is 48.7 Å². The molecule has 0 spiro atoms. The van der Waals surface area contributed by atoms with Gasteiger partial charge >= 0.3 is 0 Å². The fourth-order valence-corrected chi connectivity index (χ4v) is 5.81. The maximum absolute atomic E-state index is 9.93. The summed E-state index contributed by atoms with van der Waals surface area (Å²) in [6.07, 6.45) is 2.41. The molecule has 3 aromatic rings. The number of β-amino-alcohol motifs (C(OH)–C–C–N with tert-alkyl or cyclic N) is 1. The van der Waals surface area contributed by atoms with Gasteiger partial charge < -0.3 is 14.9 Å². The lowest BCUT2D eigenvalue weighted by atomic mass is 9.99. The zero-order valence-electron chi connectivity index (χ0n) is 18.3. The number of nitriles is 1. The Morgan fingerprint density at radius 1 is 1.09 bits per heavy atom. The van der Waals surface area contributed by atoms with E-state index in [9.17, 15) is 10.4 Å². The van der Waals surface area contributed by atoms with Gasteiger partial charge in [0, 0.05) is 61.7 Å². The molecule has 0 amide bonds. The summed E-state index contributed by atoms with van der Waals surface area (Å²) in [4.78, 5) is 11.9. The summed E-state index contributed by atoms with van der Waals surface area (Å²) in [7, 11) is 0. The molecule has 3 aliphatic heterocycles. The van der Waals surface area contributed by atoms with Crippen molar-refractivity contribution in [3.05, 3.63) is 65.4 Å². The van der Waals surface area contributed by atoms with Gasteiger partial charge in [-0.25, -0.2) is 0 Å². The van der Waals surface area contributed by atoms with Crippen LogP contribution in [0.5, 0.6) is 0 Å². The van der Waals surface area contributed by atoms with E-state index in [2.05, 4.69) is 63.0 Å². The molecule has 1 N–H and O–H groups in total. The smallest absolute Gasteiger partial charge is 0.101 e. The number of aromatic nitrogens is 1. The summed E-state index contributed by atoms with van der Waals surface area (Å²) in [6.45, 7) is 6.83. The number of piperazine rings is 1. The van der Waals surface area contributed by atoms with Gasteiger partial charge in [0.2, 0.25) is 0 Å². The number of pyridine rings is 1. The van der Waals surface area contributed by atoms with Crippen LogP contribution in [0.25, 0.3) is 10.9 Å². The van der Waals surface area contributed by atoms with Gasteiger partial charge in [0.05, 0.1) is 23.2 Å². The summed E-state index contributed by atoms with van der Waals surface area (Å²) >= 11 is 0. The molecule has 3 aliphatic rings. The van der Waals surface area contributed by atoms with E-state index in [1.165, 1.54) is 16.8 Å². The molecule has 3 atom stereocenters. The van der Waals surface area contributed by atoms with E-state index in [0.717, 1.165) is 55.7 Å². The lowest BCUT2D eigenvalue weighted by molar-refractivity contribution is 0.134. The van der Waals surface area contributed by atoms with Gasteiger partial charge in [-0.1, -0.05) is 6.07 Å². The minimum Gasteiger partial charge on any atom is -0.391 e. The Morgan fingerprint density at radius 2 is 2.00 bits per heavy atom. The van der Waals surface area contributed by atoms with Gasteiger partial charge in [0.15, 0.2) is 0 Å². The number of fused-ring (bicyclic) bond motifs is 4. The standard InChI is InChI=1S/C26H27N5O/c1-17-13-30(24-7-4-18(12-27)26-23(24)3-2-9-28-26)16-25-22-6-5-20(11-19(22)14-31(17)25)29-10-8-21(32)15-29/h2-7,9,11,17,21,25,32H,8,10,13-16H2,1H3. The molecule has 162 valence electrons. The quantitative estimate of drug-likeness (QED) is 0.679. The first-order valence-electron chi connectivity index (χ1n) is 11.5. The van der Waals surface area contributed by atoms with Crippen LogP contribution in [0.1, 0.15) is 36.1 Å². The van der Waals surface area contributed by atoms with E-state index < -0.39 is 0 Å². The van der Waals surface area contributed by atoms with Crippen molar-refractivity contribution in [2.45, 2.75) is 38.1 Å². The summed E-state index contributed by atoms with van der Waals surface area (Å²) in [6, 6.07) is 17.9. The molecule has 3 unspecified atom stereocenters. The molecule has 0 bridgehead atoms. The van der Waals surface area contributed by atoms with Crippen LogP contribution in [0.3, 0.4) is 0 Å². The van der Waals surface area contributed by atoms with Crippen molar-refractivity contribution in [3.63, 3.8) is 0 Å². The molecule has 2 fully saturated rings. The minimum atomic E-state index is -0.208. The number of benzene rings is 2. The van der Waals surface area contributed by atoms with Gasteiger partial charge in [-0.15, -0.1) is 0 Å². The number of nitrogens with zero attached hydrogens (tertiary/aromatic N) is 5. The van der Waals surface area contributed by atoms with Crippen LogP contribution in [-0.4, -0.2) is 53.3 Å². The van der Waals surface area contributed by atoms with Gasteiger partial charge in [-0.2, -0.15) is 5.26 Å². The molecule has 0 radical (unpaired) electrons. The number of rotatable bonds is 2. The SMILES string of the molecule is CC1CN(c2ccc(C#N)c3ncccc23)CC2c3ccc(N4CCC(O)C4)cc3CN12. The molecule has 32 heavy (non-hydrogen) atoms. The first kappa shape index (κ1) is 19.5. The second kappa shape index (κ2) is 7.47. The Kier molecular flexibility index (Phi) is 4.56. The third-order valence-corrected chi connectivity index (χ3v) is 7.42. The average Bonchev–Trinajstić information content (AvgIpc) is 3.41. The van der Waals surface area contributed by atoms with Crippen molar-refractivity contribution < 1.29 is 5.11 Å². The third-order valence-electron chi connectivity index (χ3n) is 7.42. The molecule has 4 heterocycles. The lowest BCUT2D eigenvalue weighted by Gasteiger charge is -2.43. The second-order valence-corrected chi connectivity index (χ2v) is 9.36. The van der Waals surface area contributed by atoms with Gasteiger partial charge in [0.1, 0.15) is 6.07 Å². The first-order valence-corrected chi connectivity index (χ1v) is 11.5. The molecule has 1 aromatic heterocycles. The minimum absolute atomic E-state index is 0.208. The largest absolute Gasteiger partial charge is 0.391 e. The normalized spacial score (nSPS) is 25.1. The van der Waals surface area contributed by atoms with E-state index in [0.29, 0.717) is 17.6 Å². The van der Waals surface area contributed by atoms with E-state index >= 15 is 0 Å². The van der Waals surface area contributed by atoms with Crippen molar-refractivity contribution in [1.82, 2.24) is 9.88 Å². The van der Waals surface area contributed by atoms with Crippen molar-refractivity contribution in [1.29, 1.82) is 5.26 Å². The summed E-state index contributed by atoms with van der Waals surface area (Å²) in [5, 5.41) is 20.5. The summed E-state index contributed by atoms with van der Waals surface area (Å²) in [5.74, 6) is 0. The number of hydrogen-bond acceptors (Lipinski definition) is 6. The fourth-order valence-electron chi connectivity index (χ4n) is 5.81. The van der Waals surface area contributed by atoms with Crippen LogP contribution in [0, 0.1) is 11.3 Å². The molecular formula is C26H27N5O. The molecule has 6 nitrogen and oxygen atoms in total. The highest BCUT2D eigenvalue weighted by atomic mass is 16.3. The molecule has 0 saturated carbocycles. The Labute approximate surface area is 188 Å². The third kappa shape index (κ3) is 3.04. The average molecular weight is 426 g/mol. The van der Waals surface area contributed by atoms with Crippen LogP contribution in [-0.2, 0) is 6.54 Å². The Hall–Kier alpha value is -3.14. The predicted octanol–water partition coefficient (Wildman–Crippen LogP) is 3.44. The second-order valence-electron chi connectivity index (χ2n) is 9.36. The summed E-state index contributed by atoms with van der Waals surface area (Å²) < 4.78 is 0. The lowest BCUT2D eigenvalue weighted by Crippen LogP contribution is -2.51. The van der Waals surface area contributed by atoms with Crippen LogP contribution >= 0.6 is 0 Å². The zero-order chi connectivity index (χ0) is 21.8. The van der Waals surface area contributed by atoms with E-state index in [1.807, 2.05) is 12.1 Å². The highest BCUT2D eigenvalue weighted by Gasteiger charge is 2.39. The van der Waals surface area contributed by atoms with Crippen molar-refractivity contribution >= 4 is 22.3 Å². The molecule has 2 aromatic carbocycles. The summed E-state index contributed by atoms with van der Waals surface area (Å²) in [5.41, 5.74) is 6.63. The number of hydrogen-bond donors (Lipinski definition) is 1. The molecule has 6 heteroatoms. The molecule has 6 rings (SSSR count). The van der Waals surface area contributed by atoms with E-state index in [4.69, 9.17) is 0 Å². The van der Waals surface area contributed by atoms with Crippen molar-refractivity contribution in [2.24, 2.45) is 0 Å². The number of aliphatic hydroxyl groups excluding tert-OH is 1. The van der Waals surface area contributed by atoms with Crippen LogP contribution in [0.2, 0.25) is 0 Å². The van der Waals surface area contributed by atoms with Gasteiger partial charge in [-0.3, -0.25) is 9.88 Å². The van der Waals surface area contributed by atoms with Crippen LogP contribution < -0.4 is 9.80 Å². The molecule has 2 saturated heterocycles. The number of anilines is 2. The maximum atomic E-state index is 9.93. The predicted molar refractivity (Wildman–Crippen MR) is 126 cm³/mol. The first-order chi connectivity index (χ1) is 15.6.